The van der Waals surface area contributed by atoms with Crippen LogP contribution in [0.25, 0.3) is 10.2 Å². The second-order valence-electron chi connectivity index (χ2n) is 5.81. The third-order valence-electron chi connectivity index (χ3n) is 4.07. The highest BCUT2D eigenvalue weighted by Crippen LogP contribution is 2.40. The summed E-state index contributed by atoms with van der Waals surface area (Å²) in [6.07, 6.45) is 3.88. The summed E-state index contributed by atoms with van der Waals surface area (Å²) < 4.78 is 17.2. The van der Waals surface area contributed by atoms with E-state index in [1.54, 1.807) is 25.4 Å². The summed E-state index contributed by atoms with van der Waals surface area (Å²) in [7, 11) is 3.22. The van der Waals surface area contributed by atoms with Gasteiger partial charge in [-0.2, -0.15) is 0 Å². The molecule has 2 aromatic heterocycles. The first kappa shape index (κ1) is 18.3. The van der Waals surface area contributed by atoms with Gasteiger partial charge in [-0.15, -0.1) is 0 Å². The number of thiazole rings is 1. The molecule has 0 spiro atoms. The maximum Gasteiger partial charge on any atom is 0.229 e. The summed E-state index contributed by atoms with van der Waals surface area (Å²) in [5.74, 6) is 2.11. The van der Waals surface area contributed by atoms with Gasteiger partial charge in [-0.1, -0.05) is 24.7 Å². The maximum atomic E-state index is 12.8. The van der Waals surface area contributed by atoms with Gasteiger partial charge in [0, 0.05) is 6.42 Å². The van der Waals surface area contributed by atoms with Crippen molar-refractivity contribution in [3.8, 4) is 11.5 Å². The maximum absolute atomic E-state index is 12.8. The van der Waals surface area contributed by atoms with Gasteiger partial charge in [0.25, 0.3) is 0 Å². The van der Waals surface area contributed by atoms with E-state index in [-0.39, 0.29) is 5.91 Å². The van der Waals surface area contributed by atoms with Gasteiger partial charge >= 0.3 is 0 Å². The number of amides is 1. The summed E-state index contributed by atoms with van der Waals surface area (Å²) in [5, 5.41) is 0.611. The normalized spacial score (nSPS) is 10.9. The molecule has 7 heteroatoms. The van der Waals surface area contributed by atoms with Crippen LogP contribution in [0, 0.1) is 0 Å². The molecule has 138 valence electrons. The predicted octanol–water partition coefficient (Wildman–Crippen LogP) is 4.63. The van der Waals surface area contributed by atoms with Crippen molar-refractivity contribution in [1.29, 1.82) is 0 Å². The minimum Gasteiger partial charge on any atom is -0.495 e. The second-order valence-corrected chi connectivity index (χ2v) is 6.78. The Morgan fingerprint density at radius 2 is 2.00 bits per heavy atom. The summed E-state index contributed by atoms with van der Waals surface area (Å²) >= 11 is 1.42. The fourth-order valence-electron chi connectivity index (χ4n) is 2.67. The summed E-state index contributed by atoms with van der Waals surface area (Å²) in [6, 6.07) is 7.34. The van der Waals surface area contributed by atoms with Crippen LogP contribution in [0.5, 0.6) is 11.5 Å². The SMILES string of the molecule is CCCCC(=O)N(Cc1ccco1)c1nc2c(OC)ccc(OC)c2s1. The van der Waals surface area contributed by atoms with E-state index in [1.807, 2.05) is 24.3 Å². The molecule has 0 bridgehead atoms. The zero-order valence-corrected chi connectivity index (χ0v) is 16.0. The number of methoxy groups -OCH3 is 2. The van der Waals surface area contributed by atoms with Crippen LogP contribution in [0.4, 0.5) is 5.13 Å². The highest BCUT2D eigenvalue weighted by atomic mass is 32.1. The van der Waals surface area contributed by atoms with Crippen LogP contribution in [0.2, 0.25) is 0 Å². The number of unbranched alkanes of at least 4 members (excludes halogenated alkanes) is 1. The Balaban J connectivity index is 2.03. The van der Waals surface area contributed by atoms with Crippen LogP contribution in [-0.4, -0.2) is 25.1 Å². The summed E-state index contributed by atoms with van der Waals surface area (Å²) in [4.78, 5) is 19.2. The van der Waals surface area contributed by atoms with Crippen molar-refractivity contribution in [3.05, 3.63) is 36.3 Å². The van der Waals surface area contributed by atoms with Crippen molar-refractivity contribution in [2.24, 2.45) is 0 Å². The van der Waals surface area contributed by atoms with Crippen LogP contribution < -0.4 is 14.4 Å². The monoisotopic (exact) mass is 374 g/mol. The van der Waals surface area contributed by atoms with Gasteiger partial charge in [-0.05, 0) is 30.7 Å². The zero-order chi connectivity index (χ0) is 18.5. The molecule has 0 atom stereocenters. The van der Waals surface area contributed by atoms with Crippen molar-refractivity contribution >= 4 is 32.6 Å². The van der Waals surface area contributed by atoms with E-state index < -0.39 is 0 Å². The van der Waals surface area contributed by atoms with Crippen molar-refractivity contribution in [3.63, 3.8) is 0 Å². The van der Waals surface area contributed by atoms with E-state index in [0.29, 0.717) is 40.9 Å². The van der Waals surface area contributed by atoms with Crippen LogP contribution in [-0.2, 0) is 11.3 Å². The first-order valence-electron chi connectivity index (χ1n) is 8.52. The topological polar surface area (TPSA) is 64.8 Å². The number of nitrogens with zero attached hydrogens (tertiary/aromatic N) is 2. The van der Waals surface area contributed by atoms with Crippen molar-refractivity contribution in [2.75, 3.05) is 19.1 Å². The molecule has 0 saturated heterocycles. The molecule has 0 fully saturated rings. The standard InChI is InChI=1S/C19H22N2O4S/c1-4-5-8-16(22)21(12-13-7-6-11-25-13)19-20-17-14(23-2)9-10-15(24-3)18(17)26-19/h6-7,9-11H,4-5,8,12H2,1-3H3. The number of hydrogen-bond donors (Lipinski definition) is 0. The molecule has 3 aromatic rings. The van der Waals surface area contributed by atoms with E-state index in [4.69, 9.17) is 13.9 Å². The number of furan rings is 1. The number of hydrogen-bond acceptors (Lipinski definition) is 6. The molecule has 6 nitrogen and oxygen atoms in total. The predicted molar refractivity (Wildman–Crippen MR) is 102 cm³/mol. The molecule has 0 radical (unpaired) electrons. The van der Waals surface area contributed by atoms with E-state index in [2.05, 4.69) is 11.9 Å². The average Bonchev–Trinajstić information content (AvgIpc) is 3.32. The number of benzene rings is 1. The highest BCUT2D eigenvalue weighted by molar-refractivity contribution is 7.22. The van der Waals surface area contributed by atoms with E-state index in [0.717, 1.165) is 17.5 Å². The molecule has 1 amide bonds. The molecular weight excluding hydrogens is 352 g/mol. The van der Waals surface area contributed by atoms with E-state index in [9.17, 15) is 4.79 Å². The molecule has 3 rings (SSSR count). The number of carbonyl (C=O) groups excluding carboxylic acids is 1. The Morgan fingerprint density at radius 3 is 2.65 bits per heavy atom. The molecule has 0 aliphatic carbocycles. The number of carbonyl (C=O) groups is 1. The number of rotatable bonds is 8. The molecule has 1 aromatic carbocycles. The Morgan fingerprint density at radius 1 is 1.23 bits per heavy atom. The van der Waals surface area contributed by atoms with Gasteiger partial charge in [0.2, 0.25) is 5.91 Å². The van der Waals surface area contributed by atoms with E-state index >= 15 is 0 Å². The molecule has 2 heterocycles. The van der Waals surface area contributed by atoms with Crippen LogP contribution in [0.3, 0.4) is 0 Å². The van der Waals surface area contributed by atoms with Gasteiger partial charge < -0.3 is 13.9 Å². The number of aromatic nitrogens is 1. The van der Waals surface area contributed by atoms with Crippen LogP contribution in [0.15, 0.2) is 34.9 Å². The summed E-state index contributed by atoms with van der Waals surface area (Å²) in [6.45, 7) is 2.41. The fraction of sp³-hybridized carbons (Fsp3) is 0.368. The Bertz CT molecular complexity index is 832. The molecule has 0 saturated carbocycles. The Hall–Kier alpha value is -2.54. The number of fused-ring (bicyclic) bond motifs is 1. The Labute approximate surface area is 156 Å². The third-order valence-corrected chi connectivity index (χ3v) is 5.16. The summed E-state index contributed by atoms with van der Waals surface area (Å²) in [5.41, 5.74) is 0.694. The number of ether oxygens (including phenoxy) is 2. The highest BCUT2D eigenvalue weighted by Gasteiger charge is 2.23. The molecule has 0 aliphatic heterocycles. The number of anilines is 1. The van der Waals surface area contributed by atoms with Gasteiger partial charge in [0.15, 0.2) is 5.13 Å². The largest absolute Gasteiger partial charge is 0.495 e. The molecule has 26 heavy (non-hydrogen) atoms. The van der Waals surface area contributed by atoms with Crippen molar-refractivity contribution < 1.29 is 18.7 Å². The van der Waals surface area contributed by atoms with Crippen molar-refractivity contribution in [1.82, 2.24) is 4.98 Å². The van der Waals surface area contributed by atoms with Gasteiger partial charge in [0.1, 0.15) is 27.5 Å². The lowest BCUT2D eigenvalue weighted by Crippen LogP contribution is -2.29. The quantitative estimate of drug-likeness (QED) is 0.575. The fourth-order valence-corrected chi connectivity index (χ4v) is 3.76. The molecule has 0 unspecified atom stereocenters. The van der Waals surface area contributed by atoms with E-state index in [1.165, 1.54) is 11.3 Å². The molecule has 0 N–H and O–H groups in total. The van der Waals surface area contributed by atoms with Crippen LogP contribution in [0.1, 0.15) is 31.9 Å². The second kappa shape index (κ2) is 8.23. The minimum atomic E-state index is 0.0280. The van der Waals surface area contributed by atoms with Crippen LogP contribution >= 0.6 is 11.3 Å². The van der Waals surface area contributed by atoms with Gasteiger partial charge in [0.05, 0.1) is 27.0 Å². The lowest BCUT2D eigenvalue weighted by Gasteiger charge is -2.18. The van der Waals surface area contributed by atoms with Gasteiger partial charge in [-0.25, -0.2) is 4.98 Å². The minimum absolute atomic E-state index is 0.0280. The Kier molecular flexibility index (Phi) is 5.78. The molecule has 0 aliphatic rings. The van der Waals surface area contributed by atoms with Gasteiger partial charge in [-0.3, -0.25) is 9.69 Å². The lowest BCUT2D eigenvalue weighted by atomic mass is 10.2. The third kappa shape index (κ3) is 3.67. The average molecular weight is 374 g/mol. The molecular formula is C19H22N2O4S. The van der Waals surface area contributed by atoms with Crippen molar-refractivity contribution in [2.45, 2.75) is 32.7 Å². The zero-order valence-electron chi connectivity index (χ0n) is 15.2. The lowest BCUT2D eigenvalue weighted by molar-refractivity contribution is -0.118. The smallest absolute Gasteiger partial charge is 0.229 e. The first-order valence-corrected chi connectivity index (χ1v) is 9.33. The first-order chi connectivity index (χ1) is 12.7.